The Bertz CT molecular complexity index is 941. The molecule has 0 aliphatic rings. The molecule has 0 saturated carbocycles. The van der Waals surface area contributed by atoms with Gasteiger partial charge in [0, 0.05) is 11.1 Å². The van der Waals surface area contributed by atoms with Crippen molar-refractivity contribution in [2.45, 2.75) is 45.6 Å². The van der Waals surface area contributed by atoms with E-state index in [1.807, 2.05) is 40.7 Å². The molecule has 0 spiro atoms. The molecule has 0 unspecified atom stereocenters. The van der Waals surface area contributed by atoms with Crippen molar-refractivity contribution in [2.24, 2.45) is 5.92 Å². The van der Waals surface area contributed by atoms with Crippen LogP contribution >= 0.6 is 11.6 Å². The molecule has 28 heavy (non-hydrogen) atoms. The van der Waals surface area contributed by atoms with Gasteiger partial charge in [0.2, 0.25) is 5.91 Å². The molecular formula is C21H27ClN2O3S. The lowest BCUT2D eigenvalue weighted by molar-refractivity contribution is -0.120. The van der Waals surface area contributed by atoms with Crippen LogP contribution in [0.2, 0.25) is 5.02 Å². The predicted molar refractivity (Wildman–Crippen MR) is 114 cm³/mol. The maximum Gasteiger partial charge on any atom is 0.264 e. The van der Waals surface area contributed by atoms with Crippen molar-refractivity contribution in [3.8, 4) is 0 Å². The third-order valence-corrected chi connectivity index (χ3v) is 6.90. The normalized spacial score (nSPS) is 12.7. The Hall–Kier alpha value is -2.05. The Labute approximate surface area is 172 Å². The number of carbonyl (C=O) groups is 1. The molecule has 2 aromatic carbocycles. The van der Waals surface area contributed by atoms with Gasteiger partial charge < -0.3 is 5.32 Å². The van der Waals surface area contributed by atoms with Crippen molar-refractivity contribution in [1.82, 2.24) is 5.32 Å². The van der Waals surface area contributed by atoms with Gasteiger partial charge in [0.15, 0.2) is 0 Å². The predicted octanol–water partition coefficient (Wildman–Crippen LogP) is 4.31. The highest BCUT2D eigenvalue weighted by molar-refractivity contribution is 7.92. The van der Waals surface area contributed by atoms with Crippen LogP contribution in [-0.2, 0) is 14.8 Å². The molecular weight excluding hydrogens is 396 g/mol. The lowest BCUT2D eigenvalue weighted by atomic mass is 10.1. The number of nitrogens with one attached hydrogen (secondary N) is 1. The third-order valence-electron chi connectivity index (χ3n) is 4.86. The SMILES string of the molecule is Cc1ccc(N(CC(=O)N[C@@H](C)C(C)C)S(=O)(=O)c2ccc(Cl)cc2)cc1C. The van der Waals surface area contributed by atoms with Crippen molar-refractivity contribution in [3.05, 3.63) is 58.6 Å². The van der Waals surface area contributed by atoms with Crippen LogP contribution < -0.4 is 9.62 Å². The Balaban J connectivity index is 2.44. The fourth-order valence-electron chi connectivity index (χ4n) is 2.53. The van der Waals surface area contributed by atoms with Gasteiger partial charge in [0.1, 0.15) is 6.54 Å². The van der Waals surface area contributed by atoms with Crippen LogP contribution in [0.25, 0.3) is 0 Å². The molecule has 0 aromatic heterocycles. The summed E-state index contributed by atoms with van der Waals surface area (Å²) in [6.07, 6.45) is 0. The second-order valence-electron chi connectivity index (χ2n) is 7.33. The van der Waals surface area contributed by atoms with E-state index in [9.17, 15) is 13.2 Å². The molecule has 1 atom stereocenters. The molecule has 0 aliphatic heterocycles. The summed E-state index contributed by atoms with van der Waals surface area (Å²) in [5.74, 6) is -0.108. The van der Waals surface area contributed by atoms with E-state index in [1.165, 1.54) is 24.3 Å². The van der Waals surface area contributed by atoms with E-state index in [-0.39, 0.29) is 29.3 Å². The van der Waals surface area contributed by atoms with E-state index in [0.717, 1.165) is 15.4 Å². The number of hydrogen-bond donors (Lipinski definition) is 1. The first kappa shape index (κ1) is 22.2. The number of aryl methyl sites for hydroxylation is 2. The number of sulfonamides is 1. The molecule has 2 aromatic rings. The largest absolute Gasteiger partial charge is 0.352 e. The Morgan fingerprint density at radius 3 is 2.18 bits per heavy atom. The van der Waals surface area contributed by atoms with Gasteiger partial charge >= 0.3 is 0 Å². The van der Waals surface area contributed by atoms with Crippen molar-refractivity contribution in [1.29, 1.82) is 0 Å². The van der Waals surface area contributed by atoms with Crippen LogP contribution in [0.15, 0.2) is 47.4 Å². The van der Waals surface area contributed by atoms with E-state index in [0.29, 0.717) is 10.7 Å². The molecule has 2 rings (SSSR count). The van der Waals surface area contributed by atoms with E-state index < -0.39 is 10.0 Å². The van der Waals surface area contributed by atoms with E-state index in [1.54, 1.807) is 12.1 Å². The maximum atomic E-state index is 13.3. The second kappa shape index (κ2) is 8.97. The van der Waals surface area contributed by atoms with Gasteiger partial charge in [-0.05, 0) is 74.2 Å². The first-order valence-corrected chi connectivity index (χ1v) is 11.0. The molecule has 7 heteroatoms. The van der Waals surface area contributed by atoms with Crippen LogP contribution in [0.4, 0.5) is 5.69 Å². The summed E-state index contributed by atoms with van der Waals surface area (Å²) in [5.41, 5.74) is 2.45. The minimum Gasteiger partial charge on any atom is -0.352 e. The minimum absolute atomic E-state index is 0.0626. The zero-order chi connectivity index (χ0) is 21.1. The van der Waals surface area contributed by atoms with Gasteiger partial charge in [-0.3, -0.25) is 9.10 Å². The summed E-state index contributed by atoms with van der Waals surface area (Å²) in [6, 6.07) is 11.2. The van der Waals surface area contributed by atoms with Crippen LogP contribution in [0.3, 0.4) is 0 Å². The smallest absolute Gasteiger partial charge is 0.264 e. The standard InChI is InChI=1S/C21H27ClN2O3S/c1-14(2)17(5)23-21(25)13-24(19-9-6-15(3)16(4)12-19)28(26,27)20-10-7-18(22)8-11-20/h6-12,14,17H,13H2,1-5H3,(H,23,25)/t17-/m0/s1. The number of hydrogen-bond acceptors (Lipinski definition) is 3. The summed E-state index contributed by atoms with van der Waals surface area (Å²) in [4.78, 5) is 12.7. The van der Waals surface area contributed by atoms with Crippen LogP contribution in [0.5, 0.6) is 0 Å². The third kappa shape index (κ3) is 5.26. The Kier molecular flexibility index (Phi) is 7.12. The fourth-order valence-corrected chi connectivity index (χ4v) is 4.07. The monoisotopic (exact) mass is 422 g/mol. The summed E-state index contributed by atoms with van der Waals surface area (Å²) in [6.45, 7) is 9.45. The molecule has 1 N–H and O–H groups in total. The minimum atomic E-state index is -3.94. The Morgan fingerprint density at radius 2 is 1.64 bits per heavy atom. The molecule has 0 aliphatic carbocycles. The highest BCUT2D eigenvalue weighted by Crippen LogP contribution is 2.26. The summed E-state index contributed by atoms with van der Waals surface area (Å²) in [7, 11) is -3.94. The van der Waals surface area contributed by atoms with Crippen molar-refractivity contribution < 1.29 is 13.2 Å². The maximum absolute atomic E-state index is 13.3. The average Bonchev–Trinajstić information content (AvgIpc) is 2.62. The van der Waals surface area contributed by atoms with Gasteiger partial charge in [0.05, 0.1) is 10.6 Å². The van der Waals surface area contributed by atoms with Crippen LogP contribution in [0.1, 0.15) is 31.9 Å². The van der Waals surface area contributed by atoms with Gasteiger partial charge in [-0.25, -0.2) is 8.42 Å². The Morgan fingerprint density at radius 1 is 1.04 bits per heavy atom. The average molecular weight is 423 g/mol. The zero-order valence-corrected chi connectivity index (χ0v) is 18.4. The number of anilines is 1. The summed E-state index contributed by atoms with van der Waals surface area (Å²) >= 11 is 5.90. The second-order valence-corrected chi connectivity index (χ2v) is 9.63. The fraction of sp³-hybridized carbons (Fsp3) is 0.381. The van der Waals surface area contributed by atoms with Gasteiger partial charge in [-0.15, -0.1) is 0 Å². The quantitative estimate of drug-likeness (QED) is 0.722. The van der Waals surface area contributed by atoms with Gasteiger partial charge in [0.25, 0.3) is 10.0 Å². The molecule has 1 amide bonds. The molecule has 0 heterocycles. The lowest BCUT2D eigenvalue weighted by Gasteiger charge is -2.26. The molecule has 0 bridgehead atoms. The van der Waals surface area contributed by atoms with Crippen molar-refractivity contribution >= 4 is 33.2 Å². The lowest BCUT2D eigenvalue weighted by Crippen LogP contribution is -2.45. The number of rotatable bonds is 7. The topological polar surface area (TPSA) is 66.5 Å². The van der Waals surface area contributed by atoms with Crippen molar-refractivity contribution in [3.63, 3.8) is 0 Å². The number of halogens is 1. The number of nitrogens with zero attached hydrogens (tertiary/aromatic N) is 1. The number of benzene rings is 2. The first-order chi connectivity index (χ1) is 13.0. The van der Waals surface area contributed by atoms with Gasteiger partial charge in [-0.1, -0.05) is 31.5 Å². The zero-order valence-electron chi connectivity index (χ0n) is 16.9. The van der Waals surface area contributed by atoms with E-state index >= 15 is 0 Å². The van der Waals surface area contributed by atoms with E-state index in [4.69, 9.17) is 11.6 Å². The highest BCUT2D eigenvalue weighted by atomic mass is 35.5. The van der Waals surface area contributed by atoms with Gasteiger partial charge in [-0.2, -0.15) is 0 Å². The van der Waals surface area contributed by atoms with E-state index in [2.05, 4.69) is 5.32 Å². The molecule has 5 nitrogen and oxygen atoms in total. The number of carbonyl (C=O) groups excluding carboxylic acids is 1. The molecule has 0 fully saturated rings. The molecule has 0 saturated heterocycles. The summed E-state index contributed by atoms with van der Waals surface area (Å²) in [5, 5.41) is 3.32. The highest BCUT2D eigenvalue weighted by Gasteiger charge is 2.28. The van der Waals surface area contributed by atoms with Crippen molar-refractivity contribution in [2.75, 3.05) is 10.8 Å². The first-order valence-electron chi connectivity index (χ1n) is 9.17. The van der Waals surface area contributed by atoms with Crippen LogP contribution in [0, 0.1) is 19.8 Å². The summed E-state index contributed by atoms with van der Waals surface area (Å²) < 4.78 is 27.7. The molecule has 0 radical (unpaired) electrons. The molecule has 152 valence electrons. The van der Waals surface area contributed by atoms with Crippen LogP contribution in [-0.4, -0.2) is 26.9 Å². The number of amides is 1.